The quantitative estimate of drug-likeness (QED) is 0.930. The number of benzene rings is 1. The van der Waals surface area contributed by atoms with Gasteiger partial charge >= 0.3 is 6.09 Å². The van der Waals surface area contributed by atoms with Gasteiger partial charge in [0.2, 0.25) is 0 Å². The predicted octanol–water partition coefficient (Wildman–Crippen LogP) is 2.44. The van der Waals surface area contributed by atoms with Gasteiger partial charge in [-0.25, -0.2) is 4.79 Å². The SMILES string of the molecule is C[C@H](NC(=O)OCc1ccccc1)C(=O)n1cccc1. The Balaban J connectivity index is 1.81. The van der Waals surface area contributed by atoms with E-state index in [0.717, 1.165) is 5.56 Å². The lowest BCUT2D eigenvalue weighted by Gasteiger charge is -2.13. The molecule has 2 aromatic rings. The largest absolute Gasteiger partial charge is 0.445 e. The summed E-state index contributed by atoms with van der Waals surface area (Å²) in [4.78, 5) is 23.5. The van der Waals surface area contributed by atoms with Gasteiger partial charge < -0.3 is 10.1 Å². The second-order valence-electron chi connectivity index (χ2n) is 4.36. The highest BCUT2D eigenvalue weighted by Crippen LogP contribution is 2.01. The third kappa shape index (κ3) is 3.71. The molecule has 0 aliphatic carbocycles. The molecule has 5 heteroatoms. The van der Waals surface area contributed by atoms with Gasteiger partial charge in [0.25, 0.3) is 5.91 Å². The zero-order valence-electron chi connectivity index (χ0n) is 11.2. The maximum Gasteiger partial charge on any atom is 0.408 e. The van der Waals surface area contributed by atoms with E-state index in [4.69, 9.17) is 4.74 Å². The molecule has 0 saturated carbocycles. The monoisotopic (exact) mass is 272 g/mol. The van der Waals surface area contributed by atoms with Crippen LogP contribution in [0.25, 0.3) is 0 Å². The molecule has 1 aromatic heterocycles. The second kappa shape index (κ2) is 6.56. The molecule has 0 fully saturated rings. The van der Waals surface area contributed by atoms with Gasteiger partial charge in [-0.3, -0.25) is 9.36 Å². The van der Waals surface area contributed by atoms with Gasteiger partial charge in [-0.1, -0.05) is 30.3 Å². The van der Waals surface area contributed by atoms with Crippen molar-refractivity contribution in [1.29, 1.82) is 0 Å². The molecular formula is C15H16N2O3. The van der Waals surface area contributed by atoms with Crippen molar-refractivity contribution in [1.82, 2.24) is 9.88 Å². The van der Waals surface area contributed by atoms with Crippen molar-refractivity contribution in [3.05, 3.63) is 60.4 Å². The van der Waals surface area contributed by atoms with Crippen molar-refractivity contribution < 1.29 is 14.3 Å². The highest BCUT2D eigenvalue weighted by Gasteiger charge is 2.17. The van der Waals surface area contributed by atoms with Crippen LogP contribution in [-0.4, -0.2) is 22.6 Å². The van der Waals surface area contributed by atoms with Crippen molar-refractivity contribution in [3.8, 4) is 0 Å². The molecule has 1 aromatic carbocycles. The molecule has 0 radical (unpaired) electrons. The number of nitrogens with one attached hydrogen (secondary N) is 1. The van der Waals surface area contributed by atoms with E-state index in [2.05, 4.69) is 5.32 Å². The number of nitrogens with zero attached hydrogens (tertiary/aromatic N) is 1. The topological polar surface area (TPSA) is 60.3 Å². The van der Waals surface area contributed by atoms with Gasteiger partial charge in [0, 0.05) is 12.4 Å². The second-order valence-corrected chi connectivity index (χ2v) is 4.36. The van der Waals surface area contributed by atoms with E-state index in [1.54, 1.807) is 31.5 Å². The Morgan fingerprint density at radius 2 is 1.80 bits per heavy atom. The fourth-order valence-electron chi connectivity index (χ4n) is 1.71. The molecule has 0 aliphatic rings. The van der Waals surface area contributed by atoms with Crippen LogP contribution in [0.15, 0.2) is 54.9 Å². The molecule has 1 heterocycles. The number of aromatic nitrogens is 1. The normalized spacial score (nSPS) is 11.7. The Morgan fingerprint density at radius 1 is 1.15 bits per heavy atom. The number of hydrogen-bond acceptors (Lipinski definition) is 3. The van der Waals surface area contributed by atoms with E-state index in [0.29, 0.717) is 0 Å². The van der Waals surface area contributed by atoms with Gasteiger partial charge in [0.1, 0.15) is 12.6 Å². The van der Waals surface area contributed by atoms with Gasteiger partial charge in [-0.2, -0.15) is 0 Å². The summed E-state index contributed by atoms with van der Waals surface area (Å²) >= 11 is 0. The van der Waals surface area contributed by atoms with Crippen LogP contribution in [0.2, 0.25) is 0 Å². The number of alkyl carbamates (subject to hydrolysis) is 1. The summed E-state index contributed by atoms with van der Waals surface area (Å²) in [6, 6.07) is 12.2. The smallest absolute Gasteiger partial charge is 0.408 e. The van der Waals surface area contributed by atoms with Crippen LogP contribution in [0, 0.1) is 0 Å². The maximum absolute atomic E-state index is 11.9. The lowest BCUT2D eigenvalue weighted by molar-refractivity contribution is 0.0847. The van der Waals surface area contributed by atoms with E-state index >= 15 is 0 Å². The predicted molar refractivity (Wildman–Crippen MR) is 74.3 cm³/mol. The zero-order chi connectivity index (χ0) is 14.4. The van der Waals surface area contributed by atoms with E-state index < -0.39 is 12.1 Å². The molecule has 104 valence electrons. The minimum Gasteiger partial charge on any atom is -0.445 e. The Bertz CT molecular complexity index is 564. The molecule has 20 heavy (non-hydrogen) atoms. The summed E-state index contributed by atoms with van der Waals surface area (Å²) in [7, 11) is 0. The average molecular weight is 272 g/mol. The average Bonchev–Trinajstić information content (AvgIpc) is 2.99. The number of amides is 1. The van der Waals surface area contributed by atoms with Gasteiger partial charge in [-0.05, 0) is 24.6 Å². The van der Waals surface area contributed by atoms with E-state index in [9.17, 15) is 9.59 Å². The third-order valence-corrected chi connectivity index (χ3v) is 2.78. The number of rotatable bonds is 4. The van der Waals surface area contributed by atoms with Crippen LogP contribution in [-0.2, 0) is 11.3 Å². The highest BCUT2D eigenvalue weighted by molar-refractivity contribution is 5.87. The summed E-state index contributed by atoms with van der Waals surface area (Å²) in [6.45, 7) is 1.79. The van der Waals surface area contributed by atoms with Crippen LogP contribution < -0.4 is 5.32 Å². The van der Waals surface area contributed by atoms with E-state index in [1.165, 1.54) is 4.57 Å². The minimum absolute atomic E-state index is 0.178. The molecule has 0 bridgehead atoms. The van der Waals surface area contributed by atoms with Gasteiger partial charge in [-0.15, -0.1) is 0 Å². The van der Waals surface area contributed by atoms with Crippen LogP contribution in [0.5, 0.6) is 0 Å². The summed E-state index contributed by atoms with van der Waals surface area (Å²) in [6.07, 6.45) is 2.66. The molecule has 5 nitrogen and oxygen atoms in total. The van der Waals surface area contributed by atoms with Crippen molar-refractivity contribution in [2.75, 3.05) is 0 Å². The molecule has 0 saturated heterocycles. The molecule has 1 amide bonds. The Hall–Kier alpha value is -2.56. The summed E-state index contributed by atoms with van der Waals surface area (Å²) in [5.74, 6) is -0.216. The highest BCUT2D eigenvalue weighted by atomic mass is 16.5. The molecule has 1 N–H and O–H groups in total. The molecule has 1 atom stereocenters. The van der Waals surface area contributed by atoms with Crippen molar-refractivity contribution in [2.45, 2.75) is 19.6 Å². The van der Waals surface area contributed by atoms with E-state index in [-0.39, 0.29) is 12.5 Å². The number of carbonyl (C=O) groups excluding carboxylic acids is 2. The summed E-state index contributed by atoms with van der Waals surface area (Å²) in [5, 5.41) is 2.51. The van der Waals surface area contributed by atoms with Crippen LogP contribution in [0.3, 0.4) is 0 Å². The first-order valence-electron chi connectivity index (χ1n) is 6.31. The Labute approximate surface area is 117 Å². The fraction of sp³-hybridized carbons (Fsp3) is 0.200. The fourth-order valence-corrected chi connectivity index (χ4v) is 1.71. The van der Waals surface area contributed by atoms with Crippen molar-refractivity contribution >= 4 is 12.0 Å². The summed E-state index contributed by atoms with van der Waals surface area (Å²) < 4.78 is 6.47. The third-order valence-electron chi connectivity index (χ3n) is 2.78. The standard InChI is InChI=1S/C15H16N2O3/c1-12(14(18)17-9-5-6-10-17)16-15(19)20-11-13-7-3-2-4-8-13/h2-10,12H,11H2,1H3,(H,16,19)/t12-/m0/s1. The molecular weight excluding hydrogens is 256 g/mol. The van der Waals surface area contributed by atoms with Gasteiger partial charge in [0.15, 0.2) is 0 Å². The molecule has 0 spiro atoms. The number of hydrogen-bond donors (Lipinski definition) is 1. The van der Waals surface area contributed by atoms with Crippen LogP contribution in [0.4, 0.5) is 4.79 Å². The lowest BCUT2D eigenvalue weighted by atomic mass is 10.2. The molecule has 2 rings (SSSR count). The number of ether oxygens (including phenoxy) is 1. The van der Waals surface area contributed by atoms with Crippen LogP contribution >= 0.6 is 0 Å². The first kappa shape index (κ1) is 13.9. The van der Waals surface area contributed by atoms with Gasteiger partial charge in [0.05, 0.1) is 0 Å². The minimum atomic E-state index is -0.648. The molecule has 0 aliphatic heterocycles. The van der Waals surface area contributed by atoms with E-state index in [1.807, 2.05) is 30.3 Å². The summed E-state index contributed by atoms with van der Waals surface area (Å²) in [5.41, 5.74) is 0.895. The van der Waals surface area contributed by atoms with Crippen molar-refractivity contribution in [2.24, 2.45) is 0 Å². The lowest BCUT2D eigenvalue weighted by Crippen LogP contribution is -2.40. The van der Waals surface area contributed by atoms with Crippen LogP contribution in [0.1, 0.15) is 17.3 Å². The maximum atomic E-state index is 11.9. The number of carbonyl (C=O) groups is 2. The Kier molecular flexibility index (Phi) is 4.55. The molecule has 0 unspecified atom stereocenters. The Morgan fingerprint density at radius 3 is 2.45 bits per heavy atom. The first-order chi connectivity index (χ1) is 9.66. The first-order valence-corrected chi connectivity index (χ1v) is 6.31. The zero-order valence-corrected chi connectivity index (χ0v) is 11.2. The van der Waals surface area contributed by atoms with Crippen molar-refractivity contribution in [3.63, 3.8) is 0 Å².